The Kier molecular flexibility index (Phi) is 3.86. The molecule has 23 heavy (non-hydrogen) atoms. The second-order valence-electron chi connectivity index (χ2n) is 7.43. The summed E-state index contributed by atoms with van der Waals surface area (Å²) in [5, 5.41) is 23.5. The lowest BCUT2D eigenvalue weighted by Gasteiger charge is -2.25. The van der Waals surface area contributed by atoms with Crippen molar-refractivity contribution in [2.45, 2.75) is 70.1 Å². The Morgan fingerprint density at radius 2 is 1.74 bits per heavy atom. The van der Waals surface area contributed by atoms with Gasteiger partial charge in [-0.2, -0.15) is 0 Å². The van der Waals surface area contributed by atoms with Crippen LogP contribution in [0.15, 0.2) is 6.07 Å². The van der Waals surface area contributed by atoms with Crippen LogP contribution >= 0.6 is 0 Å². The van der Waals surface area contributed by atoms with Gasteiger partial charge in [-0.25, -0.2) is 0 Å². The van der Waals surface area contributed by atoms with Crippen LogP contribution in [-0.4, -0.2) is 9.85 Å². The maximum Gasteiger partial charge on any atom is 0.283 e. The fraction of sp³-hybridized carbons (Fsp3) is 0.647. The lowest BCUT2D eigenvalue weighted by molar-refractivity contribution is -0.396. The summed E-state index contributed by atoms with van der Waals surface area (Å²) in [7, 11) is 0. The van der Waals surface area contributed by atoms with Gasteiger partial charge in [-0.1, -0.05) is 33.1 Å². The lowest BCUT2D eigenvalue weighted by Crippen LogP contribution is -2.18. The van der Waals surface area contributed by atoms with Gasteiger partial charge < -0.3 is 0 Å². The number of nitro groups is 2. The average molecular weight is 318 g/mol. The molecule has 0 unspecified atom stereocenters. The van der Waals surface area contributed by atoms with Crippen molar-refractivity contribution in [1.82, 2.24) is 0 Å². The van der Waals surface area contributed by atoms with Gasteiger partial charge >= 0.3 is 0 Å². The van der Waals surface area contributed by atoms with Crippen LogP contribution in [0.1, 0.15) is 75.0 Å². The van der Waals surface area contributed by atoms with Gasteiger partial charge in [0.25, 0.3) is 11.4 Å². The second-order valence-corrected chi connectivity index (χ2v) is 7.43. The molecule has 0 heterocycles. The number of benzene rings is 1. The largest absolute Gasteiger partial charge is 0.283 e. The SMILES string of the molecule is CC1(C)CCc2cc([N+](=O)[O-])c(C3CCCCC3)c([N+](=O)[O-])c21. The number of fused-ring (bicyclic) bond motifs is 1. The van der Waals surface area contributed by atoms with Crippen molar-refractivity contribution in [1.29, 1.82) is 0 Å². The summed E-state index contributed by atoms with van der Waals surface area (Å²) in [6, 6.07) is 1.61. The minimum absolute atomic E-state index is 0.0311. The summed E-state index contributed by atoms with van der Waals surface area (Å²) in [4.78, 5) is 22.7. The predicted molar refractivity (Wildman–Crippen MR) is 86.9 cm³/mol. The number of nitro benzene ring substituents is 2. The molecule has 2 aliphatic rings. The third-order valence-electron chi connectivity index (χ3n) is 5.49. The first-order valence-corrected chi connectivity index (χ1v) is 8.32. The molecule has 0 spiro atoms. The van der Waals surface area contributed by atoms with Gasteiger partial charge in [-0.3, -0.25) is 20.2 Å². The van der Waals surface area contributed by atoms with Gasteiger partial charge in [0, 0.05) is 11.6 Å². The maximum atomic E-state index is 11.9. The zero-order valence-electron chi connectivity index (χ0n) is 13.6. The van der Waals surface area contributed by atoms with E-state index in [4.69, 9.17) is 0 Å². The fourth-order valence-corrected chi connectivity index (χ4v) is 4.38. The highest BCUT2D eigenvalue weighted by Crippen LogP contribution is 2.51. The Morgan fingerprint density at radius 1 is 1.09 bits per heavy atom. The van der Waals surface area contributed by atoms with Crippen molar-refractivity contribution >= 4 is 11.4 Å². The highest BCUT2D eigenvalue weighted by atomic mass is 16.6. The van der Waals surface area contributed by atoms with Gasteiger partial charge in [-0.15, -0.1) is 0 Å². The zero-order chi connectivity index (χ0) is 16.8. The van der Waals surface area contributed by atoms with E-state index in [1.807, 2.05) is 13.8 Å². The molecular weight excluding hydrogens is 296 g/mol. The molecule has 2 aliphatic carbocycles. The molecule has 1 fully saturated rings. The molecule has 1 aromatic carbocycles. The molecule has 6 nitrogen and oxygen atoms in total. The van der Waals surface area contributed by atoms with Crippen LogP contribution < -0.4 is 0 Å². The molecule has 0 aliphatic heterocycles. The van der Waals surface area contributed by atoms with Crippen LogP contribution in [0.5, 0.6) is 0 Å². The van der Waals surface area contributed by atoms with Crippen molar-refractivity contribution in [3.8, 4) is 0 Å². The normalized spacial score (nSPS) is 20.3. The quantitative estimate of drug-likeness (QED) is 0.593. The minimum Gasteiger partial charge on any atom is -0.258 e. The molecule has 0 bridgehead atoms. The van der Waals surface area contributed by atoms with Crippen molar-refractivity contribution in [3.63, 3.8) is 0 Å². The summed E-state index contributed by atoms with van der Waals surface area (Å²) < 4.78 is 0. The second kappa shape index (κ2) is 5.58. The minimum atomic E-state index is -0.428. The topological polar surface area (TPSA) is 86.3 Å². The van der Waals surface area contributed by atoms with Crippen LogP contribution in [0.4, 0.5) is 11.4 Å². The Morgan fingerprint density at radius 3 is 2.30 bits per heavy atom. The van der Waals surface area contributed by atoms with E-state index in [9.17, 15) is 20.2 Å². The standard InChI is InChI=1S/C17H22N2O4/c1-17(2)9-8-12-10-13(18(20)21)14(11-6-4-3-5-7-11)16(15(12)17)19(22)23/h10-11H,3-9H2,1-2H3. The molecule has 0 radical (unpaired) electrons. The van der Waals surface area contributed by atoms with E-state index in [1.54, 1.807) is 6.07 Å². The Hall–Kier alpha value is -1.98. The van der Waals surface area contributed by atoms with E-state index in [1.165, 1.54) is 0 Å². The summed E-state index contributed by atoms with van der Waals surface area (Å²) >= 11 is 0. The molecule has 1 saturated carbocycles. The summed E-state index contributed by atoms with van der Waals surface area (Å²) in [6.45, 7) is 4.00. The first kappa shape index (κ1) is 15.9. The van der Waals surface area contributed by atoms with E-state index in [0.717, 1.165) is 49.7 Å². The smallest absolute Gasteiger partial charge is 0.258 e. The van der Waals surface area contributed by atoms with E-state index in [2.05, 4.69) is 0 Å². The fourth-order valence-electron chi connectivity index (χ4n) is 4.38. The molecule has 1 aromatic rings. The lowest BCUT2D eigenvalue weighted by atomic mass is 9.78. The summed E-state index contributed by atoms with van der Waals surface area (Å²) in [5.74, 6) is -0.0637. The van der Waals surface area contributed by atoms with Crippen molar-refractivity contribution in [3.05, 3.63) is 43.0 Å². The van der Waals surface area contributed by atoms with Gasteiger partial charge in [0.1, 0.15) is 5.56 Å². The van der Waals surface area contributed by atoms with E-state index >= 15 is 0 Å². The highest BCUT2D eigenvalue weighted by Gasteiger charge is 2.43. The molecule has 3 rings (SSSR count). The van der Waals surface area contributed by atoms with E-state index in [0.29, 0.717) is 12.0 Å². The average Bonchev–Trinajstić information content (AvgIpc) is 2.81. The Balaban J connectivity index is 2.30. The van der Waals surface area contributed by atoms with Crippen LogP contribution in [0, 0.1) is 20.2 Å². The first-order valence-electron chi connectivity index (χ1n) is 8.32. The third kappa shape index (κ3) is 2.60. The number of hydrogen-bond donors (Lipinski definition) is 0. The molecule has 124 valence electrons. The van der Waals surface area contributed by atoms with Gasteiger partial charge in [0.2, 0.25) is 0 Å². The number of hydrogen-bond acceptors (Lipinski definition) is 4. The molecule has 6 heteroatoms. The van der Waals surface area contributed by atoms with Crippen LogP contribution in [-0.2, 0) is 11.8 Å². The van der Waals surface area contributed by atoms with Crippen molar-refractivity contribution in [2.75, 3.05) is 0 Å². The van der Waals surface area contributed by atoms with Gasteiger partial charge in [-0.05, 0) is 42.6 Å². The summed E-state index contributed by atoms with van der Waals surface area (Å²) in [6.07, 6.45) is 6.17. The van der Waals surface area contributed by atoms with Crippen LogP contribution in [0.25, 0.3) is 0 Å². The number of rotatable bonds is 3. The Bertz CT molecular complexity index is 676. The molecule has 0 saturated heterocycles. The molecule has 0 N–H and O–H groups in total. The predicted octanol–water partition coefficient (Wildman–Crippen LogP) is 4.77. The van der Waals surface area contributed by atoms with E-state index in [-0.39, 0.29) is 27.6 Å². The Labute approximate surface area is 135 Å². The first-order chi connectivity index (χ1) is 10.8. The molecule has 0 aromatic heterocycles. The maximum absolute atomic E-state index is 11.9. The van der Waals surface area contributed by atoms with E-state index < -0.39 is 4.92 Å². The summed E-state index contributed by atoms with van der Waals surface area (Å²) in [5.41, 5.74) is 1.59. The zero-order valence-corrected chi connectivity index (χ0v) is 13.6. The highest BCUT2D eigenvalue weighted by molar-refractivity contribution is 5.66. The van der Waals surface area contributed by atoms with Crippen molar-refractivity contribution in [2.24, 2.45) is 0 Å². The third-order valence-corrected chi connectivity index (χ3v) is 5.49. The molecular formula is C17H22N2O4. The van der Waals surface area contributed by atoms with Gasteiger partial charge in [0.05, 0.1) is 9.85 Å². The monoisotopic (exact) mass is 318 g/mol. The molecule has 0 amide bonds. The molecule has 0 atom stereocenters. The number of aryl methyl sites for hydroxylation is 1. The van der Waals surface area contributed by atoms with Gasteiger partial charge in [0.15, 0.2) is 0 Å². The van der Waals surface area contributed by atoms with Crippen LogP contribution in [0.2, 0.25) is 0 Å². The van der Waals surface area contributed by atoms with Crippen molar-refractivity contribution < 1.29 is 9.85 Å². The van der Waals surface area contributed by atoms with Crippen LogP contribution in [0.3, 0.4) is 0 Å². The number of nitrogens with zero attached hydrogens (tertiary/aromatic N) is 2.